The highest BCUT2D eigenvalue weighted by atomic mass is 32.2. The standard InChI is InChI=1S/C25H36N4O3S/c1-6-7-12-28(5)25(30)22-17-21(8-9-23(22)29-13-10-26-11-14-29)27-33(31,32)24-19(3)15-18(2)16-20(24)4/h8-9,15-17,26-27H,6-7,10-14H2,1-5H3. The van der Waals surface area contributed by atoms with Crippen molar-refractivity contribution >= 4 is 27.3 Å². The van der Waals surface area contributed by atoms with Crippen molar-refractivity contribution in [2.24, 2.45) is 0 Å². The average Bonchev–Trinajstić information content (AvgIpc) is 2.76. The number of sulfonamides is 1. The van der Waals surface area contributed by atoms with Crippen molar-refractivity contribution in [2.75, 3.05) is 49.4 Å². The maximum absolute atomic E-state index is 13.4. The van der Waals surface area contributed by atoms with E-state index in [-0.39, 0.29) is 10.8 Å². The molecule has 1 heterocycles. The number of benzene rings is 2. The fraction of sp³-hybridized carbons (Fsp3) is 0.480. The first-order valence-corrected chi connectivity index (χ1v) is 13.1. The molecule has 3 rings (SSSR count). The van der Waals surface area contributed by atoms with E-state index in [9.17, 15) is 13.2 Å². The Kier molecular flexibility index (Phi) is 8.02. The molecule has 0 radical (unpaired) electrons. The molecule has 0 spiro atoms. The molecule has 180 valence electrons. The van der Waals surface area contributed by atoms with Gasteiger partial charge < -0.3 is 15.1 Å². The van der Waals surface area contributed by atoms with Crippen molar-refractivity contribution in [2.45, 2.75) is 45.4 Å². The van der Waals surface area contributed by atoms with Gasteiger partial charge in [-0.15, -0.1) is 0 Å². The molecule has 0 aromatic heterocycles. The van der Waals surface area contributed by atoms with Gasteiger partial charge in [-0.3, -0.25) is 9.52 Å². The molecule has 8 heteroatoms. The zero-order valence-electron chi connectivity index (χ0n) is 20.4. The van der Waals surface area contributed by atoms with Crippen LogP contribution in [-0.2, 0) is 10.0 Å². The third-order valence-corrected chi connectivity index (χ3v) is 7.69. The molecule has 0 saturated carbocycles. The topological polar surface area (TPSA) is 81.8 Å². The van der Waals surface area contributed by atoms with Crippen LogP contribution in [-0.4, -0.2) is 59.0 Å². The number of nitrogens with zero attached hydrogens (tertiary/aromatic N) is 2. The van der Waals surface area contributed by atoms with E-state index in [2.05, 4.69) is 21.9 Å². The van der Waals surface area contributed by atoms with Crippen LogP contribution in [0, 0.1) is 20.8 Å². The van der Waals surface area contributed by atoms with Gasteiger partial charge in [0.25, 0.3) is 15.9 Å². The second kappa shape index (κ2) is 10.6. The molecule has 0 aliphatic carbocycles. The molecule has 33 heavy (non-hydrogen) atoms. The Hall–Kier alpha value is -2.58. The van der Waals surface area contributed by atoms with Gasteiger partial charge in [-0.25, -0.2) is 8.42 Å². The molecule has 0 bridgehead atoms. The summed E-state index contributed by atoms with van der Waals surface area (Å²) in [6.07, 6.45) is 1.92. The third kappa shape index (κ3) is 5.86. The number of carbonyl (C=O) groups is 1. The largest absolute Gasteiger partial charge is 0.368 e. The number of anilines is 2. The number of hydrogen-bond acceptors (Lipinski definition) is 5. The smallest absolute Gasteiger partial charge is 0.262 e. The normalized spacial score (nSPS) is 14.3. The van der Waals surface area contributed by atoms with Crippen molar-refractivity contribution in [1.82, 2.24) is 10.2 Å². The molecule has 1 fully saturated rings. The first-order valence-electron chi connectivity index (χ1n) is 11.6. The lowest BCUT2D eigenvalue weighted by molar-refractivity contribution is 0.0794. The predicted octanol–water partition coefficient (Wildman–Crippen LogP) is 3.69. The van der Waals surface area contributed by atoms with Gasteiger partial charge in [0.1, 0.15) is 0 Å². The Morgan fingerprint density at radius 3 is 2.33 bits per heavy atom. The van der Waals surface area contributed by atoms with Crippen LogP contribution in [0.25, 0.3) is 0 Å². The van der Waals surface area contributed by atoms with E-state index in [1.165, 1.54) is 0 Å². The lowest BCUT2D eigenvalue weighted by Crippen LogP contribution is -2.44. The Morgan fingerprint density at radius 2 is 1.73 bits per heavy atom. The molecule has 2 N–H and O–H groups in total. The Labute approximate surface area is 198 Å². The van der Waals surface area contributed by atoms with Gasteiger partial charge in [0.15, 0.2) is 0 Å². The van der Waals surface area contributed by atoms with Crippen LogP contribution < -0.4 is 14.9 Å². The lowest BCUT2D eigenvalue weighted by Gasteiger charge is -2.32. The van der Waals surface area contributed by atoms with E-state index in [0.717, 1.165) is 50.3 Å². The van der Waals surface area contributed by atoms with Gasteiger partial charge in [0.05, 0.1) is 10.5 Å². The Morgan fingerprint density at radius 1 is 1.09 bits per heavy atom. The molecule has 0 unspecified atom stereocenters. The quantitative estimate of drug-likeness (QED) is 0.612. The maximum Gasteiger partial charge on any atom is 0.262 e. The minimum absolute atomic E-state index is 0.0965. The minimum atomic E-state index is -3.80. The fourth-order valence-corrected chi connectivity index (χ4v) is 5.96. The van der Waals surface area contributed by atoms with Crippen LogP contribution in [0.1, 0.15) is 46.8 Å². The lowest BCUT2D eigenvalue weighted by atomic mass is 10.1. The monoisotopic (exact) mass is 472 g/mol. The molecule has 2 aromatic rings. The summed E-state index contributed by atoms with van der Waals surface area (Å²) >= 11 is 0. The van der Waals surface area contributed by atoms with Crippen LogP contribution in [0.5, 0.6) is 0 Å². The summed E-state index contributed by atoms with van der Waals surface area (Å²) in [4.78, 5) is 17.5. The number of carbonyl (C=O) groups excluding carboxylic acids is 1. The van der Waals surface area contributed by atoms with Gasteiger partial charge >= 0.3 is 0 Å². The number of aryl methyl sites for hydroxylation is 3. The first-order chi connectivity index (χ1) is 15.6. The third-order valence-electron chi connectivity index (χ3n) is 6.00. The highest BCUT2D eigenvalue weighted by Gasteiger charge is 2.24. The molecule has 2 aromatic carbocycles. The van der Waals surface area contributed by atoms with Crippen molar-refractivity contribution in [3.63, 3.8) is 0 Å². The van der Waals surface area contributed by atoms with E-state index in [1.54, 1.807) is 37.9 Å². The van der Waals surface area contributed by atoms with Crippen LogP contribution in [0.4, 0.5) is 11.4 Å². The summed E-state index contributed by atoms with van der Waals surface area (Å²) in [5.74, 6) is -0.0965. The van der Waals surface area contributed by atoms with E-state index >= 15 is 0 Å². The van der Waals surface area contributed by atoms with Crippen LogP contribution >= 0.6 is 0 Å². The van der Waals surface area contributed by atoms with E-state index in [0.29, 0.717) is 28.9 Å². The SMILES string of the molecule is CCCCN(C)C(=O)c1cc(NS(=O)(=O)c2c(C)cc(C)cc2C)ccc1N1CCNCC1. The van der Waals surface area contributed by atoms with E-state index in [4.69, 9.17) is 0 Å². The minimum Gasteiger partial charge on any atom is -0.368 e. The summed E-state index contributed by atoms with van der Waals surface area (Å²) in [7, 11) is -2.00. The number of nitrogens with one attached hydrogen (secondary N) is 2. The molecule has 7 nitrogen and oxygen atoms in total. The van der Waals surface area contributed by atoms with E-state index in [1.807, 2.05) is 25.1 Å². The molecule has 1 amide bonds. The second-order valence-electron chi connectivity index (χ2n) is 8.88. The number of amides is 1. The van der Waals surface area contributed by atoms with Gasteiger partial charge in [0, 0.05) is 51.1 Å². The number of rotatable bonds is 8. The zero-order valence-corrected chi connectivity index (χ0v) is 21.2. The summed E-state index contributed by atoms with van der Waals surface area (Å²) < 4.78 is 29.3. The van der Waals surface area contributed by atoms with Crippen molar-refractivity contribution in [3.8, 4) is 0 Å². The zero-order chi connectivity index (χ0) is 24.2. The summed E-state index contributed by atoms with van der Waals surface area (Å²) in [5.41, 5.74) is 4.18. The van der Waals surface area contributed by atoms with Gasteiger partial charge in [-0.2, -0.15) is 0 Å². The fourth-order valence-electron chi connectivity index (χ4n) is 4.45. The van der Waals surface area contributed by atoms with Crippen LogP contribution in [0.15, 0.2) is 35.2 Å². The van der Waals surface area contributed by atoms with Crippen molar-refractivity contribution < 1.29 is 13.2 Å². The molecule has 1 aliphatic rings. The van der Waals surface area contributed by atoms with Gasteiger partial charge in [-0.05, 0) is 56.5 Å². The number of unbranched alkanes of at least 4 members (excludes halogenated alkanes) is 1. The molecular formula is C25H36N4O3S. The highest BCUT2D eigenvalue weighted by Crippen LogP contribution is 2.29. The maximum atomic E-state index is 13.4. The molecule has 1 saturated heterocycles. The Bertz CT molecular complexity index is 1090. The van der Waals surface area contributed by atoms with Crippen molar-refractivity contribution in [3.05, 3.63) is 52.6 Å². The number of piperazine rings is 1. The molecule has 1 aliphatic heterocycles. The summed E-state index contributed by atoms with van der Waals surface area (Å²) in [6.45, 7) is 11.6. The first kappa shape index (κ1) is 25.1. The van der Waals surface area contributed by atoms with Crippen LogP contribution in [0.2, 0.25) is 0 Å². The predicted molar refractivity (Wildman–Crippen MR) is 135 cm³/mol. The second-order valence-corrected chi connectivity index (χ2v) is 10.5. The van der Waals surface area contributed by atoms with Crippen molar-refractivity contribution in [1.29, 1.82) is 0 Å². The highest BCUT2D eigenvalue weighted by molar-refractivity contribution is 7.92. The van der Waals surface area contributed by atoms with Gasteiger partial charge in [0.2, 0.25) is 0 Å². The number of hydrogen-bond donors (Lipinski definition) is 2. The summed E-state index contributed by atoms with van der Waals surface area (Å²) in [5, 5.41) is 3.33. The molecular weight excluding hydrogens is 436 g/mol. The van der Waals surface area contributed by atoms with Gasteiger partial charge in [-0.1, -0.05) is 31.0 Å². The van der Waals surface area contributed by atoms with Crippen LogP contribution in [0.3, 0.4) is 0 Å². The average molecular weight is 473 g/mol. The van der Waals surface area contributed by atoms with E-state index < -0.39 is 10.0 Å². The molecule has 0 atom stereocenters. The summed E-state index contributed by atoms with van der Waals surface area (Å²) in [6, 6.07) is 9.02. The Balaban J connectivity index is 1.98.